The summed E-state index contributed by atoms with van der Waals surface area (Å²) in [5.41, 5.74) is 6.70. The first-order valence-electron chi connectivity index (χ1n) is 5.49. The quantitative estimate of drug-likeness (QED) is 0.813. The molecule has 4 heteroatoms. The van der Waals surface area contributed by atoms with Crippen molar-refractivity contribution in [2.75, 3.05) is 0 Å². The maximum Gasteiger partial charge on any atom is 0.207 e. The zero-order valence-corrected chi connectivity index (χ0v) is 9.44. The van der Waals surface area contributed by atoms with Gasteiger partial charge in [0.1, 0.15) is 0 Å². The molecule has 1 aromatic rings. The lowest BCUT2D eigenvalue weighted by molar-refractivity contribution is 0.150. The first-order chi connectivity index (χ1) is 7.05. The number of fused-ring (bicyclic) bond motifs is 1. The highest BCUT2D eigenvalue weighted by Crippen LogP contribution is 2.47. The van der Waals surface area contributed by atoms with Crippen molar-refractivity contribution in [1.82, 2.24) is 9.78 Å². The molecule has 0 saturated carbocycles. The predicted octanol–water partition coefficient (Wildman–Crippen LogP) is 2.00. The van der Waals surface area contributed by atoms with Gasteiger partial charge in [-0.2, -0.15) is 5.10 Å². The first-order valence-corrected chi connectivity index (χ1v) is 5.49. The lowest BCUT2D eigenvalue weighted by Gasteiger charge is -2.36. The average molecular weight is 211 g/mol. The van der Waals surface area contributed by atoms with Crippen LogP contribution in [0.15, 0.2) is 12.3 Å². The number of rotatable bonds is 2. The molecule has 0 spiro atoms. The Morgan fingerprint density at radius 2 is 2.33 bits per heavy atom. The maximum atomic E-state index is 14.0. The minimum absolute atomic E-state index is 0.268. The van der Waals surface area contributed by atoms with Crippen LogP contribution < -0.4 is 5.73 Å². The molecule has 2 unspecified atom stereocenters. The molecule has 2 N–H and O–H groups in total. The van der Waals surface area contributed by atoms with Gasteiger partial charge in [0.15, 0.2) is 0 Å². The summed E-state index contributed by atoms with van der Waals surface area (Å²) in [6.45, 7) is 6.26. The Hall–Kier alpha value is -0.900. The third-order valence-corrected chi connectivity index (χ3v) is 3.89. The van der Waals surface area contributed by atoms with Crippen molar-refractivity contribution < 1.29 is 4.39 Å². The van der Waals surface area contributed by atoms with Crippen LogP contribution in [0.5, 0.6) is 0 Å². The molecule has 15 heavy (non-hydrogen) atoms. The van der Waals surface area contributed by atoms with E-state index in [4.69, 9.17) is 5.73 Å². The Bertz CT molecular complexity index is 360. The van der Waals surface area contributed by atoms with Crippen molar-refractivity contribution in [2.24, 2.45) is 11.7 Å². The molecule has 0 aliphatic carbocycles. The summed E-state index contributed by atoms with van der Waals surface area (Å²) in [5, 5.41) is 4.02. The fourth-order valence-electron chi connectivity index (χ4n) is 2.95. The number of aromatic nitrogens is 2. The lowest BCUT2D eigenvalue weighted by atomic mass is 9.69. The van der Waals surface area contributed by atoms with Crippen LogP contribution in [0.3, 0.4) is 0 Å². The molecular formula is C11H18FN3. The summed E-state index contributed by atoms with van der Waals surface area (Å²) in [7, 11) is 0. The van der Waals surface area contributed by atoms with E-state index in [1.807, 2.05) is 6.07 Å². The number of nitrogens with two attached hydrogens (primary N) is 1. The average Bonchev–Trinajstić information content (AvgIpc) is 2.72. The van der Waals surface area contributed by atoms with E-state index in [1.165, 1.54) is 4.68 Å². The number of hydrogen-bond donors (Lipinski definition) is 1. The Morgan fingerprint density at radius 1 is 1.67 bits per heavy atom. The van der Waals surface area contributed by atoms with Gasteiger partial charge in [-0.3, -0.25) is 0 Å². The number of nitrogens with zero attached hydrogens (tertiary/aromatic N) is 2. The SMILES string of the molecule is CCC1(C(C)C)c2ccnn2C(F)[C@H]1N. The van der Waals surface area contributed by atoms with E-state index in [9.17, 15) is 4.39 Å². The van der Waals surface area contributed by atoms with E-state index in [1.54, 1.807) is 6.20 Å². The van der Waals surface area contributed by atoms with Gasteiger partial charge in [-0.25, -0.2) is 9.07 Å². The van der Waals surface area contributed by atoms with Crippen molar-refractivity contribution in [3.05, 3.63) is 18.0 Å². The van der Waals surface area contributed by atoms with Crippen molar-refractivity contribution in [2.45, 2.75) is 44.9 Å². The molecule has 1 aliphatic rings. The number of alkyl halides is 1. The summed E-state index contributed by atoms with van der Waals surface area (Å²) in [4.78, 5) is 0. The zero-order valence-electron chi connectivity index (χ0n) is 9.44. The second kappa shape index (κ2) is 3.30. The normalized spacial score (nSPS) is 34.8. The van der Waals surface area contributed by atoms with Crippen LogP contribution in [0.2, 0.25) is 0 Å². The van der Waals surface area contributed by atoms with Crippen molar-refractivity contribution >= 4 is 0 Å². The minimum Gasteiger partial charge on any atom is -0.323 e. The van der Waals surface area contributed by atoms with E-state index in [-0.39, 0.29) is 5.41 Å². The third-order valence-electron chi connectivity index (χ3n) is 3.89. The lowest BCUT2D eigenvalue weighted by Crippen LogP contribution is -2.46. The monoisotopic (exact) mass is 211 g/mol. The zero-order chi connectivity index (χ0) is 11.2. The van der Waals surface area contributed by atoms with Crippen molar-refractivity contribution in [3.63, 3.8) is 0 Å². The standard InChI is InChI=1S/C11H18FN3/c1-4-11(7(2)3)8-5-6-14-15(8)10(12)9(11)13/h5-7,9-10H,4,13H2,1-3H3/t9-,10?,11?/m1/s1. The van der Waals surface area contributed by atoms with E-state index in [0.29, 0.717) is 5.92 Å². The summed E-state index contributed by atoms with van der Waals surface area (Å²) < 4.78 is 15.4. The molecular weight excluding hydrogens is 193 g/mol. The first kappa shape index (κ1) is 10.6. The molecule has 3 nitrogen and oxygen atoms in total. The van der Waals surface area contributed by atoms with Gasteiger partial charge >= 0.3 is 0 Å². The van der Waals surface area contributed by atoms with Gasteiger partial charge in [0.2, 0.25) is 6.30 Å². The van der Waals surface area contributed by atoms with Crippen LogP contribution in [-0.2, 0) is 5.41 Å². The highest BCUT2D eigenvalue weighted by molar-refractivity contribution is 5.27. The highest BCUT2D eigenvalue weighted by atomic mass is 19.1. The molecule has 0 radical (unpaired) electrons. The van der Waals surface area contributed by atoms with Gasteiger partial charge in [0, 0.05) is 17.3 Å². The smallest absolute Gasteiger partial charge is 0.207 e. The summed E-state index contributed by atoms with van der Waals surface area (Å²) in [5.74, 6) is 0.314. The van der Waals surface area contributed by atoms with Gasteiger partial charge in [0.05, 0.1) is 6.04 Å². The maximum absolute atomic E-state index is 14.0. The molecule has 2 heterocycles. The molecule has 1 aromatic heterocycles. The fraction of sp³-hybridized carbons (Fsp3) is 0.727. The molecule has 0 fully saturated rings. The Morgan fingerprint density at radius 3 is 2.87 bits per heavy atom. The van der Waals surface area contributed by atoms with Gasteiger partial charge in [-0.1, -0.05) is 20.8 Å². The van der Waals surface area contributed by atoms with Crippen LogP contribution >= 0.6 is 0 Å². The summed E-state index contributed by atoms with van der Waals surface area (Å²) >= 11 is 0. The van der Waals surface area contributed by atoms with Gasteiger partial charge < -0.3 is 5.73 Å². The van der Waals surface area contributed by atoms with Crippen molar-refractivity contribution in [3.8, 4) is 0 Å². The van der Waals surface area contributed by atoms with E-state index in [2.05, 4.69) is 25.9 Å². The Balaban J connectivity index is 2.58. The second-order valence-corrected chi connectivity index (χ2v) is 4.61. The van der Waals surface area contributed by atoms with Gasteiger partial charge in [-0.15, -0.1) is 0 Å². The van der Waals surface area contributed by atoms with E-state index < -0.39 is 12.3 Å². The summed E-state index contributed by atoms with van der Waals surface area (Å²) in [6, 6.07) is 1.41. The minimum atomic E-state index is -1.18. The number of hydrogen-bond acceptors (Lipinski definition) is 2. The molecule has 3 atom stereocenters. The molecule has 1 aliphatic heterocycles. The fourth-order valence-corrected chi connectivity index (χ4v) is 2.95. The number of halogens is 1. The Labute approximate surface area is 89.5 Å². The van der Waals surface area contributed by atoms with E-state index in [0.717, 1.165) is 12.1 Å². The molecule has 0 amide bonds. The predicted molar refractivity (Wildman–Crippen MR) is 57.2 cm³/mol. The van der Waals surface area contributed by atoms with Crippen LogP contribution in [0, 0.1) is 5.92 Å². The van der Waals surface area contributed by atoms with Gasteiger partial charge in [-0.05, 0) is 18.4 Å². The van der Waals surface area contributed by atoms with Crippen molar-refractivity contribution in [1.29, 1.82) is 0 Å². The van der Waals surface area contributed by atoms with Gasteiger partial charge in [0.25, 0.3) is 0 Å². The third kappa shape index (κ3) is 1.11. The molecule has 2 rings (SSSR count). The Kier molecular flexibility index (Phi) is 2.34. The van der Waals surface area contributed by atoms with Crippen LogP contribution in [0.25, 0.3) is 0 Å². The molecule has 0 saturated heterocycles. The van der Waals surface area contributed by atoms with Crippen LogP contribution in [0.1, 0.15) is 39.2 Å². The summed E-state index contributed by atoms with van der Waals surface area (Å²) in [6.07, 6.45) is 1.32. The molecule has 0 bridgehead atoms. The van der Waals surface area contributed by atoms with E-state index >= 15 is 0 Å². The van der Waals surface area contributed by atoms with Crippen LogP contribution in [-0.4, -0.2) is 15.8 Å². The van der Waals surface area contributed by atoms with Crippen LogP contribution in [0.4, 0.5) is 4.39 Å². The second-order valence-electron chi connectivity index (χ2n) is 4.61. The molecule has 84 valence electrons. The largest absolute Gasteiger partial charge is 0.323 e. The highest BCUT2D eigenvalue weighted by Gasteiger charge is 2.52. The topological polar surface area (TPSA) is 43.8 Å². The molecule has 0 aromatic carbocycles.